The molecule has 2 N–H and O–H groups in total. The van der Waals surface area contributed by atoms with Gasteiger partial charge in [-0.2, -0.15) is 0 Å². The van der Waals surface area contributed by atoms with Gasteiger partial charge in [-0.05, 0) is 35.8 Å². The van der Waals surface area contributed by atoms with Crippen LogP contribution in [0.3, 0.4) is 0 Å². The van der Waals surface area contributed by atoms with Gasteiger partial charge in [-0.15, -0.1) is 0 Å². The fourth-order valence-corrected chi connectivity index (χ4v) is 2.95. The second kappa shape index (κ2) is 12.1. The number of benzene rings is 2. The molecule has 0 aliphatic rings. The van der Waals surface area contributed by atoms with Crippen molar-refractivity contribution in [2.75, 3.05) is 27.3 Å². The zero-order chi connectivity index (χ0) is 22.6. The molecule has 0 heterocycles. The van der Waals surface area contributed by atoms with Crippen molar-refractivity contribution in [3.63, 3.8) is 0 Å². The molecule has 7 nitrogen and oxygen atoms in total. The van der Waals surface area contributed by atoms with E-state index >= 15 is 0 Å². The summed E-state index contributed by atoms with van der Waals surface area (Å²) in [6.07, 6.45) is 2.43. The van der Waals surface area contributed by atoms with Crippen LogP contribution in [-0.4, -0.2) is 49.3 Å². The Kier molecular flexibility index (Phi) is 9.16. The van der Waals surface area contributed by atoms with Crippen molar-refractivity contribution < 1.29 is 24.2 Å². The number of methoxy groups -OCH3 is 2. The van der Waals surface area contributed by atoms with Gasteiger partial charge in [0.15, 0.2) is 0 Å². The zero-order valence-electron chi connectivity index (χ0n) is 17.8. The van der Waals surface area contributed by atoms with Gasteiger partial charge in [-0.3, -0.25) is 4.79 Å². The molecule has 0 saturated heterocycles. The highest BCUT2D eigenvalue weighted by molar-refractivity contribution is 5.89. The first-order valence-corrected chi connectivity index (χ1v) is 9.81. The summed E-state index contributed by atoms with van der Waals surface area (Å²) < 4.78 is 10.7. The molecule has 0 spiro atoms. The minimum atomic E-state index is -1.09. The van der Waals surface area contributed by atoms with Gasteiger partial charge in [0.25, 0.3) is 0 Å². The average molecular weight is 424 g/mol. The molecule has 0 atom stereocenters. The predicted octanol–water partition coefficient (Wildman–Crippen LogP) is 3.96. The second-order valence-electron chi connectivity index (χ2n) is 6.76. The van der Waals surface area contributed by atoms with Crippen molar-refractivity contribution in [3.8, 4) is 11.5 Å². The SMILES string of the molecule is C=C(CN(Cc1ccc(OC)cc1OC)C(=O)C=CCCNC(=O)O)c1ccccc1. The summed E-state index contributed by atoms with van der Waals surface area (Å²) in [6, 6.07) is 15.1. The number of nitrogens with one attached hydrogen (secondary N) is 1. The molecule has 0 fully saturated rings. The molecule has 0 radical (unpaired) electrons. The van der Waals surface area contributed by atoms with E-state index in [2.05, 4.69) is 11.9 Å². The summed E-state index contributed by atoms with van der Waals surface area (Å²) in [6.45, 7) is 5.03. The summed E-state index contributed by atoms with van der Waals surface area (Å²) in [4.78, 5) is 25.1. The molecule has 2 amide bonds. The van der Waals surface area contributed by atoms with Crippen molar-refractivity contribution >= 4 is 17.6 Å². The number of carbonyl (C=O) groups is 2. The van der Waals surface area contributed by atoms with Gasteiger partial charge < -0.3 is 24.8 Å². The molecule has 0 saturated carbocycles. The van der Waals surface area contributed by atoms with Gasteiger partial charge in [-0.25, -0.2) is 4.79 Å². The number of hydrogen-bond acceptors (Lipinski definition) is 4. The molecule has 0 aromatic heterocycles. The number of hydrogen-bond donors (Lipinski definition) is 2. The standard InChI is InChI=1S/C24H28N2O5/c1-18(19-9-5-4-6-10-19)16-26(23(27)11-7-8-14-25-24(28)29)17-20-12-13-21(30-2)15-22(20)31-3/h4-7,9-13,15,25H,1,8,14,16-17H2,2-3H3,(H,28,29). The molecule has 31 heavy (non-hydrogen) atoms. The van der Waals surface area contributed by atoms with Crippen LogP contribution in [0.15, 0.2) is 67.3 Å². The van der Waals surface area contributed by atoms with Crippen LogP contribution in [0.2, 0.25) is 0 Å². The lowest BCUT2D eigenvalue weighted by Gasteiger charge is -2.24. The number of amides is 2. The van der Waals surface area contributed by atoms with Crippen molar-refractivity contribution in [1.82, 2.24) is 10.2 Å². The molecule has 164 valence electrons. The van der Waals surface area contributed by atoms with Crippen LogP contribution in [-0.2, 0) is 11.3 Å². The fraction of sp³-hybridized carbons (Fsp3) is 0.250. The van der Waals surface area contributed by atoms with Crippen molar-refractivity contribution in [1.29, 1.82) is 0 Å². The van der Waals surface area contributed by atoms with Crippen LogP contribution >= 0.6 is 0 Å². The van der Waals surface area contributed by atoms with Crippen LogP contribution in [0.5, 0.6) is 11.5 Å². The summed E-state index contributed by atoms with van der Waals surface area (Å²) in [5, 5.41) is 10.9. The van der Waals surface area contributed by atoms with E-state index in [4.69, 9.17) is 14.6 Å². The molecule has 0 aliphatic carbocycles. The summed E-state index contributed by atoms with van der Waals surface area (Å²) in [5.74, 6) is 1.08. The van der Waals surface area contributed by atoms with Crippen molar-refractivity contribution in [3.05, 3.63) is 78.4 Å². The smallest absolute Gasteiger partial charge is 0.404 e. The largest absolute Gasteiger partial charge is 0.497 e. The highest BCUT2D eigenvalue weighted by Crippen LogP contribution is 2.26. The van der Waals surface area contributed by atoms with Gasteiger partial charge in [0.1, 0.15) is 11.5 Å². The maximum atomic E-state index is 12.9. The lowest BCUT2D eigenvalue weighted by atomic mass is 10.1. The average Bonchev–Trinajstić information content (AvgIpc) is 2.78. The zero-order valence-corrected chi connectivity index (χ0v) is 17.8. The van der Waals surface area contributed by atoms with Crippen LogP contribution < -0.4 is 14.8 Å². The number of ether oxygens (including phenoxy) is 2. The lowest BCUT2D eigenvalue weighted by molar-refractivity contribution is -0.126. The Morgan fingerprint density at radius 2 is 1.87 bits per heavy atom. The first kappa shape index (κ1) is 23.5. The second-order valence-corrected chi connectivity index (χ2v) is 6.76. The third-order valence-electron chi connectivity index (χ3n) is 4.58. The highest BCUT2D eigenvalue weighted by atomic mass is 16.5. The van der Waals surface area contributed by atoms with E-state index in [0.717, 1.165) is 16.7 Å². The first-order chi connectivity index (χ1) is 14.9. The third kappa shape index (κ3) is 7.54. The molecule has 2 aromatic carbocycles. The summed E-state index contributed by atoms with van der Waals surface area (Å²) in [5.41, 5.74) is 2.59. The molecule has 7 heteroatoms. The topological polar surface area (TPSA) is 88.1 Å². The molecular formula is C24H28N2O5. The van der Waals surface area contributed by atoms with Gasteiger partial charge in [0.05, 0.1) is 14.2 Å². The maximum Gasteiger partial charge on any atom is 0.404 e. The van der Waals surface area contributed by atoms with Crippen LogP contribution in [0.25, 0.3) is 5.57 Å². The van der Waals surface area contributed by atoms with E-state index in [0.29, 0.717) is 31.0 Å². The molecule has 0 bridgehead atoms. The number of nitrogens with zero attached hydrogens (tertiary/aromatic N) is 1. The Labute approximate surface area is 182 Å². The third-order valence-corrected chi connectivity index (χ3v) is 4.58. The molecule has 0 aliphatic heterocycles. The predicted molar refractivity (Wildman–Crippen MR) is 120 cm³/mol. The monoisotopic (exact) mass is 424 g/mol. The van der Waals surface area contributed by atoms with E-state index in [1.54, 1.807) is 31.3 Å². The van der Waals surface area contributed by atoms with E-state index in [1.807, 2.05) is 42.5 Å². The molecule has 0 unspecified atom stereocenters. The summed E-state index contributed by atoms with van der Waals surface area (Å²) in [7, 11) is 3.15. The van der Waals surface area contributed by atoms with Gasteiger partial charge in [-0.1, -0.05) is 43.0 Å². The van der Waals surface area contributed by atoms with E-state index in [9.17, 15) is 9.59 Å². The Morgan fingerprint density at radius 3 is 2.52 bits per heavy atom. The number of carboxylic acid groups (broad SMARTS) is 1. The highest BCUT2D eigenvalue weighted by Gasteiger charge is 2.16. The minimum absolute atomic E-state index is 0.203. The quantitative estimate of drug-likeness (QED) is 0.421. The summed E-state index contributed by atoms with van der Waals surface area (Å²) >= 11 is 0. The van der Waals surface area contributed by atoms with Gasteiger partial charge >= 0.3 is 6.09 Å². The Morgan fingerprint density at radius 1 is 1.13 bits per heavy atom. The van der Waals surface area contributed by atoms with E-state index in [1.165, 1.54) is 6.08 Å². The van der Waals surface area contributed by atoms with Crippen molar-refractivity contribution in [2.24, 2.45) is 0 Å². The fourth-order valence-electron chi connectivity index (χ4n) is 2.95. The number of carbonyl (C=O) groups excluding carboxylic acids is 1. The van der Waals surface area contributed by atoms with Gasteiger partial charge in [0, 0.05) is 31.3 Å². The van der Waals surface area contributed by atoms with Crippen molar-refractivity contribution in [2.45, 2.75) is 13.0 Å². The van der Waals surface area contributed by atoms with Crippen LogP contribution in [0.4, 0.5) is 4.79 Å². The maximum absolute atomic E-state index is 12.9. The van der Waals surface area contributed by atoms with E-state index in [-0.39, 0.29) is 12.5 Å². The van der Waals surface area contributed by atoms with Gasteiger partial charge in [0.2, 0.25) is 5.91 Å². The minimum Gasteiger partial charge on any atom is -0.497 e. The number of rotatable bonds is 11. The Bertz CT molecular complexity index is 925. The molecular weight excluding hydrogens is 396 g/mol. The Balaban J connectivity index is 2.19. The molecule has 2 aromatic rings. The normalized spacial score (nSPS) is 10.5. The Hall–Kier alpha value is -3.74. The van der Waals surface area contributed by atoms with E-state index < -0.39 is 6.09 Å². The van der Waals surface area contributed by atoms with Crippen LogP contribution in [0, 0.1) is 0 Å². The lowest BCUT2D eigenvalue weighted by Crippen LogP contribution is -2.30. The van der Waals surface area contributed by atoms with Crippen LogP contribution in [0.1, 0.15) is 17.5 Å². The first-order valence-electron chi connectivity index (χ1n) is 9.81. The molecule has 2 rings (SSSR count).